The Hall–Kier alpha value is -2.62. The van der Waals surface area contributed by atoms with Crippen molar-refractivity contribution < 1.29 is 9.15 Å². The highest BCUT2D eigenvalue weighted by molar-refractivity contribution is 5.57. The standard InChI is InChI=1S/C18H18N2O2/c1-3-14-8-10-15(11-9-14)21-12-17-19-20-18(22-17)16-7-5-4-6-13(16)2/h4-11H,3,12H2,1-2H3. The Labute approximate surface area is 129 Å². The van der Waals surface area contributed by atoms with E-state index in [1.165, 1.54) is 5.56 Å². The molecule has 2 aromatic carbocycles. The average molecular weight is 294 g/mol. The van der Waals surface area contributed by atoms with Gasteiger partial charge in [0.1, 0.15) is 5.75 Å². The van der Waals surface area contributed by atoms with Crippen LogP contribution in [0.15, 0.2) is 52.9 Å². The van der Waals surface area contributed by atoms with Crippen molar-refractivity contribution in [1.82, 2.24) is 10.2 Å². The van der Waals surface area contributed by atoms with Gasteiger partial charge in [0.15, 0.2) is 6.61 Å². The lowest BCUT2D eigenvalue weighted by Crippen LogP contribution is -1.95. The van der Waals surface area contributed by atoms with E-state index in [0.29, 0.717) is 11.8 Å². The van der Waals surface area contributed by atoms with Crippen LogP contribution >= 0.6 is 0 Å². The second-order valence-electron chi connectivity index (χ2n) is 5.10. The Kier molecular flexibility index (Phi) is 4.19. The highest BCUT2D eigenvalue weighted by Crippen LogP contribution is 2.22. The summed E-state index contributed by atoms with van der Waals surface area (Å²) >= 11 is 0. The van der Waals surface area contributed by atoms with Crippen LogP contribution < -0.4 is 4.74 Å². The summed E-state index contributed by atoms with van der Waals surface area (Å²) in [6.07, 6.45) is 1.02. The summed E-state index contributed by atoms with van der Waals surface area (Å²) in [5, 5.41) is 8.13. The van der Waals surface area contributed by atoms with E-state index < -0.39 is 0 Å². The quantitative estimate of drug-likeness (QED) is 0.708. The zero-order valence-electron chi connectivity index (χ0n) is 12.7. The molecule has 112 valence electrons. The first-order valence-electron chi connectivity index (χ1n) is 7.36. The Morgan fingerprint density at radius 3 is 2.50 bits per heavy atom. The number of rotatable bonds is 5. The molecule has 3 aromatic rings. The summed E-state index contributed by atoms with van der Waals surface area (Å²) in [6.45, 7) is 4.41. The van der Waals surface area contributed by atoms with Gasteiger partial charge in [0.2, 0.25) is 5.89 Å². The fourth-order valence-electron chi connectivity index (χ4n) is 2.20. The maximum Gasteiger partial charge on any atom is 0.254 e. The lowest BCUT2D eigenvalue weighted by atomic mass is 10.1. The Morgan fingerprint density at radius 2 is 1.77 bits per heavy atom. The molecule has 0 bridgehead atoms. The van der Waals surface area contributed by atoms with E-state index in [9.17, 15) is 0 Å². The van der Waals surface area contributed by atoms with E-state index in [1.54, 1.807) is 0 Å². The molecular weight excluding hydrogens is 276 g/mol. The Morgan fingerprint density at radius 1 is 1.00 bits per heavy atom. The molecule has 0 saturated heterocycles. The topological polar surface area (TPSA) is 48.2 Å². The minimum absolute atomic E-state index is 0.268. The number of benzene rings is 2. The van der Waals surface area contributed by atoms with Crippen LogP contribution in [-0.4, -0.2) is 10.2 Å². The van der Waals surface area contributed by atoms with E-state index in [1.807, 2.05) is 43.3 Å². The van der Waals surface area contributed by atoms with Crippen molar-refractivity contribution >= 4 is 0 Å². The highest BCUT2D eigenvalue weighted by Gasteiger charge is 2.10. The van der Waals surface area contributed by atoms with E-state index in [4.69, 9.17) is 9.15 Å². The van der Waals surface area contributed by atoms with Crippen LogP contribution in [0.1, 0.15) is 23.9 Å². The number of aryl methyl sites for hydroxylation is 2. The van der Waals surface area contributed by atoms with Gasteiger partial charge in [-0.25, -0.2) is 0 Å². The zero-order valence-corrected chi connectivity index (χ0v) is 12.7. The van der Waals surface area contributed by atoms with Gasteiger partial charge in [-0.1, -0.05) is 37.3 Å². The van der Waals surface area contributed by atoms with Crippen molar-refractivity contribution in [3.8, 4) is 17.2 Å². The van der Waals surface area contributed by atoms with E-state index in [-0.39, 0.29) is 6.61 Å². The third-order valence-electron chi connectivity index (χ3n) is 3.54. The monoisotopic (exact) mass is 294 g/mol. The Bertz CT molecular complexity index is 748. The minimum Gasteiger partial charge on any atom is -0.484 e. The first-order valence-corrected chi connectivity index (χ1v) is 7.36. The fourth-order valence-corrected chi connectivity index (χ4v) is 2.20. The molecule has 0 unspecified atom stereocenters. The van der Waals surface area contributed by atoms with Crippen LogP contribution in [0.25, 0.3) is 11.5 Å². The van der Waals surface area contributed by atoms with Crippen molar-refractivity contribution in [2.75, 3.05) is 0 Å². The molecule has 4 nitrogen and oxygen atoms in total. The third-order valence-corrected chi connectivity index (χ3v) is 3.54. The normalized spacial score (nSPS) is 10.6. The summed E-state index contributed by atoms with van der Waals surface area (Å²) < 4.78 is 11.3. The van der Waals surface area contributed by atoms with Gasteiger partial charge in [-0.05, 0) is 42.7 Å². The second kappa shape index (κ2) is 6.43. The van der Waals surface area contributed by atoms with Gasteiger partial charge < -0.3 is 9.15 Å². The third kappa shape index (κ3) is 3.17. The molecule has 1 aromatic heterocycles. The Balaban J connectivity index is 1.68. The molecule has 0 amide bonds. The van der Waals surface area contributed by atoms with Crippen molar-refractivity contribution in [3.05, 3.63) is 65.5 Å². The predicted octanol–water partition coefficient (Wildman–Crippen LogP) is 4.19. The first-order chi connectivity index (χ1) is 10.8. The average Bonchev–Trinajstić information content (AvgIpc) is 3.02. The van der Waals surface area contributed by atoms with Crippen LogP contribution in [0.4, 0.5) is 0 Å². The van der Waals surface area contributed by atoms with Gasteiger partial charge in [-0.15, -0.1) is 10.2 Å². The maximum absolute atomic E-state index is 5.67. The van der Waals surface area contributed by atoms with E-state index in [0.717, 1.165) is 23.3 Å². The van der Waals surface area contributed by atoms with Crippen molar-refractivity contribution in [1.29, 1.82) is 0 Å². The predicted molar refractivity (Wildman–Crippen MR) is 84.6 cm³/mol. The molecule has 0 fully saturated rings. The van der Waals surface area contributed by atoms with Gasteiger partial charge in [0, 0.05) is 5.56 Å². The molecule has 0 saturated carbocycles. The molecule has 0 aliphatic heterocycles. The molecule has 3 rings (SSSR count). The van der Waals surface area contributed by atoms with Crippen LogP contribution in [0.3, 0.4) is 0 Å². The lowest BCUT2D eigenvalue weighted by molar-refractivity contribution is 0.264. The maximum atomic E-state index is 5.67. The van der Waals surface area contributed by atoms with Crippen molar-refractivity contribution in [2.45, 2.75) is 26.9 Å². The molecule has 0 spiro atoms. The second-order valence-corrected chi connectivity index (χ2v) is 5.10. The van der Waals surface area contributed by atoms with Crippen LogP contribution in [0.2, 0.25) is 0 Å². The fraction of sp³-hybridized carbons (Fsp3) is 0.222. The number of ether oxygens (including phenoxy) is 1. The molecule has 1 heterocycles. The smallest absolute Gasteiger partial charge is 0.254 e. The van der Waals surface area contributed by atoms with Crippen LogP contribution in [0, 0.1) is 6.92 Å². The molecule has 22 heavy (non-hydrogen) atoms. The minimum atomic E-state index is 0.268. The zero-order chi connectivity index (χ0) is 15.4. The van der Waals surface area contributed by atoms with Crippen LogP contribution in [0.5, 0.6) is 5.75 Å². The summed E-state index contributed by atoms with van der Waals surface area (Å²) in [5.74, 6) is 1.80. The molecule has 0 aliphatic rings. The van der Waals surface area contributed by atoms with E-state index in [2.05, 4.69) is 29.3 Å². The molecular formula is C18H18N2O2. The summed E-state index contributed by atoms with van der Waals surface area (Å²) in [6, 6.07) is 16.0. The summed E-state index contributed by atoms with van der Waals surface area (Å²) in [5.41, 5.74) is 3.34. The van der Waals surface area contributed by atoms with Gasteiger partial charge in [-0.2, -0.15) is 0 Å². The van der Waals surface area contributed by atoms with Crippen molar-refractivity contribution in [3.63, 3.8) is 0 Å². The SMILES string of the molecule is CCc1ccc(OCc2nnc(-c3ccccc3C)o2)cc1. The summed E-state index contributed by atoms with van der Waals surface area (Å²) in [7, 11) is 0. The van der Waals surface area contributed by atoms with Gasteiger partial charge in [0.05, 0.1) is 0 Å². The number of hydrogen-bond acceptors (Lipinski definition) is 4. The van der Waals surface area contributed by atoms with E-state index >= 15 is 0 Å². The molecule has 0 N–H and O–H groups in total. The first kappa shape index (κ1) is 14.3. The number of nitrogens with zero attached hydrogens (tertiary/aromatic N) is 2. The molecule has 4 heteroatoms. The largest absolute Gasteiger partial charge is 0.484 e. The molecule has 0 radical (unpaired) electrons. The molecule has 0 aliphatic carbocycles. The van der Waals surface area contributed by atoms with Crippen molar-refractivity contribution in [2.24, 2.45) is 0 Å². The summed E-state index contributed by atoms with van der Waals surface area (Å²) in [4.78, 5) is 0. The van der Waals surface area contributed by atoms with Gasteiger partial charge in [0.25, 0.3) is 5.89 Å². The lowest BCUT2D eigenvalue weighted by Gasteiger charge is -2.04. The number of aromatic nitrogens is 2. The molecule has 0 atom stereocenters. The van der Waals surface area contributed by atoms with Gasteiger partial charge in [-0.3, -0.25) is 0 Å². The van der Waals surface area contributed by atoms with Crippen LogP contribution in [-0.2, 0) is 13.0 Å². The number of hydrogen-bond donors (Lipinski definition) is 0. The van der Waals surface area contributed by atoms with Gasteiger partial charge >= 0.3 is 0 Å². The highest BCUT2D eigenvalue weighted by atomic mass is 16.5.